The molecule has 1 N–H and O–H groups in total. The molecule has 4 rings (SSSR count). The SMILES string of the molecule is Cc1cc(CC(=O)N2CCCC2C(=O)NCc2ccc(-c3ccccc3)cc2)on1. The van der Waals surface area contributed by atoms with Crippen LogP contribution in [0, 0.1) is 6.92 Å². The second-order valence-corrected chi connectivity index (χ2v) is 7.64. The lowest BCUT2D eigenvalue weighted by molar-refractivity contribution is -0.138. The van der Waals surface area contributed by atoms with E-state index in [4.69, 9.17) is 4.52 Å². The Hall–Kier alpha value is -3.41. The van der Waals surface area contributed by atoms with Gasteiger partial charge >= 0.3 is 0 Å². The van der Waals surface area contributed by atoms with E-state index >= 15 is 0 Å². The number of hydrogen-bond acceptors (Lipinski definition) is 4. The molecule has 1 saturated heterocycles. The Bertz CT molecular complexity index is 1010. The molecule has 2 heterocycles. The first-order valence-electron chi connectivity index (χ1n) is 10.2. The highest BCUT2D eigenvalue weighted by molar-refractivity contribution is 5.88. The molecule has 0 radical (unpaired) electrons. The molecular formula is C24H25N3O3. The summed E-state index contributed by atoms with van der Waals surface area (Å²) in [6.45, 7) is 2.85. The Morgan fingerprint density at radius 3 is 2.53 bits per heavy atom. The Labute approximate surface area is 175 Å². The molecule has 1 unspecified atom stereocenters. The summed E-state index contributed by atoms with van der Waals surface area (Å²) in [7, 11) is 0. The van der Waals surface area contributed by atoms with Gasteiger partial charge < -0.3 is 14.7 Å². The summed E-state index contributed by atoms with van der Waals surface area (Å²) in [5.74, 6) is 0.319. The summed E-state index contributed by atoms with van der Waals surface area (Å²) in [6.07, 6.45) is 1.64. The van der Waals surface area contributed by atoms with Crippen LogP contribution in [-0.2, 0) is 22.6 Å². The van der Waals surface area contributed by atoms with Crippen molar-refractivity contribution in [2.45, 2.75) is 38.8 Å². The van der Waals surface area contributed by atoms with Crippen LogP contribution in [0.15, 0.2) is 65.2 Å². The van der Waals surface area contributed by atoms with Crippen molar-refractivity contribution in [3.63, 3.8) is 0 Å². The van der Waals surface area contributed by atoms with Crippen molar-refractivity contribution >= 4 is 11.8 Å². The smallest absolute Gasteiger partial charge is 0.243 e. The molecule has 6 heteroatoms. The monoisotopic (exact) mass is 403 g/mol. The molecule has 0 bridgehead atoms. The predicted octanol–water partition coefficient (Wildman–Crippen LogP) is 3.50. The lowest BCUT2D eigenvalue weighted by atomic mass is 10.0. The maximum atomic E-state index is 12.7. The van der Waals surface area contributed by atoms with Crippen molar-refractivity contribution in [3.05, 3.63) is 77.7 Å². The number of nitrogens with zero attached hydrogens (tertiary/aromatic N) is 2. The number of rotatable bonds is 6. The van der Waals surface area contributed by atoms with Crippen LogP contribution in [0.25, 0.3) is 11.1 Å². The third-order valence-electron chi connectivity index (χ3n) is 5.41. The molecule has 1 aliphatic rings. The number of carbonyl (C=O) groups is 2. The Morgan fingerprint density at radius 2 is 1.83 bits per heavy atom. The second kappa shape index (κ2) is 8.95. The van der Waals surface area contributed by atoms with Gasteiger partial charge in [0.15, 0.2) is 0 Å². The van der Waals surface area contributed by atoms with Crippen LogP contribution in [0.4, 0.5) is 0 Å². The van der Waals surface area contributed by atoms with E-state index in [1.807, 2.05) is 37.3 Å². The molecule has 0 aliphatic carbocycles. The third kappa shape index (κ3) is 4.59. The van der Waals surface area contributed by atoms with Gasteiger partial charge in [-0.05, 0) is 36.5 Å². The van der Waals surface area contributed by atoms with Crippen LogP contribution in [0.1, 0.15) is 29.9 Å². The van der Waals surface area contributed by atoms with Crippen molar-refractivity contribution in [1.29, 1.82) is 0 Å². The van der Waals surface area contributed by atoms with Gasteiger partial charge in [-0.15, -0.1) is 0 Å². The maximum absolute atomic E-state index is 12.7. The number of carbonyl (C=O) groups excluding carboxylic acids is 2. The van der Waals surface area contributed by atoms with Crippen molar-refractivity contribution in [3.8, 4) is 11.1 Å². The first-order chi connectivity index (χ1) is 14.6. The molecule has 30 heavy (non-hydrogen) atoms. The molecule has 154 valence electrons. The molecule has 1 aliphatic heterocycles. The first-order valence-corrected chi connectivity index (χ1v) is 10.2. The summed E-state index contributed by atoms with van der Waals surface area (Å²) >= 11 is 0. The van der Waals surface area contributed by atoms with E-state index in [-0.39, 0.29) is 18.2 Å². The van der Waals surface area contributed by atoms with Gasteiger partial charge in [-0.3, -0.25) is 9.59 Å². The summed E-state index contributed by atoms with van der Waals surface area (Å²) < 4.78 is 5.14. The van der Waals surface area contributed by atoms with Crippen molar-refractivity contribution in [2.24, 2.45) is 0 Å². The van der Waals surface area contributed by atoms with Crippen LogP contribution in [-0.4, -0.2) is 34.5 Å². The number of amides is 2. The summed E-state index contributed by atoms with van der Waals surface area (Å²) in [6, 6.07) is 19.7. The highest BCUT2D eigenvalue weighted by atomic mass is 16.5. The van der Waals surface area contributed by atoms with E-state index in [0.29, 0.717) is 25.3 Å². The van der Waals surface area contributed by atoms with Crippen LogP contribution in [0.5, 0.6) is 0 Å². The van der Waals surface area contributed by atoms with Gasteiger partial charge in [0.05, 0.1) is 12.1 Å². The molecule has 6 nitrogen and oxygen atoms in total. The van der Waals surface area contributed by atoms with Crippen LogP contribution < -0.4 is 5.32 Å². The van der Waals surface area contributed by atoms with Crippen molar-refractivity contribution in [1.82, 2.24) is 15.4 Å². The van der Waals surface area contributed by atoms with E-state index < -0.39 is 6.04 Å². The van der Waals surface area contributed by atoms with Gasteiger partial charge in [0.25, 0.3) is 0 Å². The minimum atomic E-state index is -0.426. The molecule has 0 saturated carbocycles. The molecule has 1 fully saturated rings. The fourth-order valence-corrected chi connectivity index (χ4v) is 3.84. The van der Waals surface area contributed by atoms with Crippen molar-refractivity contribution < 1.29 is 14.1 Å². The second-order valence-electron chi connectivity index (χ2n) is 7.64. The molecule has 2 aromatic carbocycles. The average Bonchev–Trinajstić information content (AvgIpc) is 3.42. The fraction of sp³-hybridized carbons (Fsp3) is 0.292. The third-order valence-corrected chi connectivity index (χ3v) is 5.41. The highest BCUT2D eigenvalue weighted by Gasteiger charge is 2.34. The van der Waals surface area contributed by atoms with E-state index in [0.717, 1.165) is 28.8 Å². The van der Waals surface area contributed by atoms with Crippen molar-refractivity contribution in [2.75, 3.05) is 6.54 Å². The van der Waals surface area contributed by atoms with Crippen LogP contribution in [0.3, 0.4) is 0 Å². The predicted molar refractivity (Wildman–Crippen MR) is 113 cm³/mol. The van der Waals surface area contributed by atoms with Gasteiger partial charge in [-0.2, -0.15) is 0 Å². The normalized spacial score (nSPS) is 15.9. The standard InChI is InChI=1S/C24H25N3O3/c1-17-14-21(30-26-17)15-23(28)27-13-5-8-22(27)24(29)25-16-18-9-11-20(12-10-18)19-6-3-2-4-7-19/h2-4,6-7,9-12,14,22H,5,8,13,15-16H2,1H3,(H,25,29). The lowest BCUT2D eigenvalue weighted by Crippen LogP contribution is -2.46. The minimum Gasteiger partial charge on any atom is -0.361 e. The number of likely N-dealkylation sites (tertiary alicyclic amines) is 1. The van der Waals surface area contributed by atoms with Gasteiger partial charge in [0, 0.05) is 19.2 Å². The number of hydrogen-bond donors (Lipinski definition) is 1. The largest absolute Gasteiger partial charge is 0.361 e. The lowest BCUT2D eigenvalue weighted by Gasteiger charge is -2.23. The highest BCUT2D eigenvalue weighted by Crippen LogP contribution is 2.21. The van der Waals surface area contributed by atoms with E-state index in [9.17, 15) is 9.59 Å². The molecule has 0 spiro atoms. The fourth-order valence-electron chi connectivity index (χ4n) is 3.84. The summed E-state index contributed by atoms with van der Waals surface area (Å²) in [5.41, 5.74) is 4.07. The zero-order valence-electron chi connectivity index (χ0n) is 17.0. The summed E-state index contributed by atoms with van der Waals surface area (Å²) in [5, 5.41) is 6.80. The van der Waals surface area contributed by atoms with Gasteiger partial charge in [-0.1, -0.05) is 59.8 Å². The quantitative estimate of drug-likeness (QED) is 0.684. The summed E-state index contributed by atoms with van der Waals surface area (Å²) in [4.78, 5) is 27.0. The zero-order valence-corrected chi connectivity index (χ0v) is 17.0. The van der Waals surface area contributed by atoms with E-state index in [2.05, 4.69) is 34.7 Å². The molecule has 3 aromatic rings. The topological polar surface area (TPSA) is 75.4 Å². The van der Waals surface area contributed by atoms with Crippen LogP contribution in [0.2, 0.25) is 0 Å². The number of aryl methyl sites for hydroxylation is 1. The van der Waals surface area contributed by atoms with Gasteiger partial charge in [-0.25, -0.2) is 0 Å². The molecule has 1 atom stereocenters. The Balaban J connectivity index is 1.33. The number of benzene rings is 2. The van der Waals surface area contributed by atoms with E-state index in [1.54, 1.807) is 11.0 Å². The molecular weight excluding hydrogens is 378 g/mol. The molecule has 2 amide bonds. The first kappa shape index (κ1) is 19.9. The number of aromatic nitrogens is 1. The van der Waals surface area contributed by atoms with Crippen LogP contribution >= 0.6 is 0 Å². The number of nitrogens with one attached hydrogen (secondary N) is 1. The minimum absolute atomic E-state index is 0.101. The Kier molecular flexibility index (Phi) is 5.93. The Morgan fingerprint density at radius 1 is 1.10 bits per heavy atom. The average molecular weight is 403 g/mol. The van der Waals surface area contributed by atoms with E-state index in [1.165, 1.54) is 0 Å². The molecule has 1 aromatic heterocycles. The zero-order chi connectivity index (χ0) is 20.9. The maximum Gasteiger partial charge on any atom is 0.243 e. The van der Waals surface area contributed by atoms with Gasteiger partial charge in [0.1, 0.15) is 11.8 Å². The van der Waals surface area contributed by atoms with Gasteiger partial charge in [0.2, 0.25) is 11.8 Å².